The van der Waals surface area contributed by atoms with Gasteiger partial charge in [-0.2, -0.15) is 0 Å². The predicted octanol–water partition coefficient (Wildman–Crippen LogP) is -0.605. The average molecular weight is 578 g/mol. The lowest BCUT2D eigenvalue weighted by molar-refractivity contribution is -0.128. The maximum absolute atomic E-state index is 13.2. The summed E-state index contributed by atoms with van der Waals surface area (Å²) in [6.45, 7) is 1.37. The number of benzene rings is 1. The summed E-state index contributed by atoms with van der Waals surface area (Å²) in [6.07, 6.45) is 2.04. The second-order valence-corrected chi connectivity index (χ2v) is 10.8. The number of likely N-dealkylation sites (tertiary alicyclic amines) is 2. The van der Waals surface area contributed by atoms with Gasteiger partial charge in [-0.15, -0.1) is 0 Å². The summed E-state index contributed by atoms with van der Waals surface area (Å²) in [5.74, 6) is -1.61. The first-order valence-electron chi connectivity index (χ1n) is 13.2. The molecule has 0 bridgehead atoms. The third-order valence-corrected chi connectivity index (χ3v) is 8.12. The van der Waals surface area contributed by atoms with Gasteiger partial charge in [-0.25, -0.2) is 4.79 Å². The highest BCUT2D eigenvalue weighted by Gasteiger charge is 2.32. The van der Waals surface area contributed by atoms with Gasteiger partial charge in [0.25, 0.3) is 0 Å². The van der Waals surface area contributed by atoms with Crippen molar-refractivity contribution in [3.63, 3.8) is 0 Å². The van der Waals surface area contributed by atoms with Gasteiger partial charge in [-0.1, -0.05) is 30.1 Å². The van der Waals surface area contributed by atoms with Crippen LogP contribution in [0.2, 0.25) is 0 Å². The lowest BCUT2D eigenvalue weighted by Crippen LogP contribution is -2.59. The average Bonchev–Trinajstić information content (AvgIpc) is 2.92. The summed E-state index contributed by atoms with van der Waals surface area (Å²) in [6, 6.07) is 5.39. The van der Waals surface area contributed by atoms with E-state index in [0.717, 1.165) is 12.8 Å². The van der Waals surface area contributed by atoms with Crippen LogP contribution >= 0.6 is 11.9 Å². The molecule has 220 valence electrons. The Kier molecular flexibility index (Phi) is 11.4. The molecule has 1 aromatic carbocycles. The maximum Gasteiger partial charge on any atom is 0.335 e. The number of carbonyl (C=O) groups excluding carboxylic acids is 2. The van der Waals surface area contributed by atoms with Gasteiger partial charge in [0.2, 0.25) is 11.8 Å². The smallest absolute Gasteiger partial charge is 0.335 e. The molecule has 2 saturated heterocycles. The molecular weight excluding hydrogens is 538 g/mol. The number of amides is 2. The van der Waals surface area contributed by atoms with E-state index in [-0.39, 0.29) is 35.9 Å². The summed E-state index contributed by atoms with van der Waals surface area (Å²) >= 11 is 1.22. The van der Waals surface area contributed by atoms with Gasteiger partial charge in [-0.3, -0.25) is 25.1 Å². The van der Waals surface area contributed by atoms with Gasteiger partial charge >= 0.3 is 5.97 Å². The molecule has 14 nitrogen and oxygen atoms in total. The molecule has 2 fully saturated rings. The van der Waals surface area contributed by atoms with Gasteiger partial charge in [-0.05, 0) is 49.7 Å². The molecular formula is C25H39N9O5S. The highest BCUT2D eigenvalue weighted by molar-refractivity contribution is 7.96. The first-order chi connectivity index (χ1) is 19.1. The number of aliphatic hydroxyl groups excluding tert-OH is 1. The molecule has 2 unspecified atom stereocenters. The normalized spacial score (nSPS) is 20.4. The van der Waals surface area contributed by atoms with Crippen molar-refractivity contribution >= 4 is 41.7 Å². The molecule has 1 aromatic rings. The van der Waals surface area contributed by atoms with Crippen molar-refractivity contribution in [3.8, 4) is 0 Å². The molecule has 11 N–H and O–H groups in total. The first-order valence-corrected chi connectivity index (χ1v) is 14.2. The van der Waals surface area contributed by atoms with Crippen LogP contribution in [-0.2, 0) is 15.3 Å². The number of nitrogens with zero attached hydrogens (tertiary/aromatic N) is 2. The summed E-state index contributed by atoms with van der Waals surface area (Å²) in [7, 11) is 0. The standard InChI is InChI=1S/C25H39N9O5S/c26-24(27)33-10-7-15(8-11-33)12-19(32-40-14-16-4-1-2-5-17(16)23(38)39)21(36)30-13-20(35)31-18-6-3-9-34(22(18)37)25(28)29/h1-2,4-5,15,18-19,22,32,37H,3,6-14H2,(H3,26,27)(H3,28,29)(H,30,36)(H,31,35)(H,38,39)/t18?,19-,22?/m1/s1. The van der Waals surface area contributed by atoms with Crippen molar-refractivity contribution in [1.82, 2.24) is 25.2 Å². The minimum atomic E-state index is -1.12. The molecule has 0 aromatic heterocycles. The zero-order valence-corrected chi connectivity index (χ0v) is 23.1. The van der Waals surface area contributed by atoms with Gasteiger partial charge in [0, 0.05) is 25.4 Å². The number of hydrogen-bond donors (Lipinski definition) is 9. The van der Waals surface area contributed by atoms with Crippen LogP contribution in [0.3, 0.4) is 0 Å². The number of carboxylic acid groups (broad SMARTS) is 1. The lowest BCUT2D eigenvalue weighted by atomic mass is 9.90. The number of aliphatic hydroxyl groups is 1. The van der Waals surface area contributed by atoms with Crippen molar-refractivity contribution in [2.24, 2.45) is 17.4 Å². The minimum absolute atomic E-state index is 0.0269. The highest BCUT2D eigenvalue weighted by Crippen LogP contribution is 2.24. The van der Waals surface area contributed by atoms with Gasteiger partial charge < -0.3 is 42.1 Å². The van der Waals surface area contributed by atoms with Gasteiger partial charge in [0.1, 0.15) is 6.23 Å². The number of carboxylic acids is 1. The number of carbonyl (C=O) groups is 3. The molecule has 0 saturated carbocycles. The van der Waals surface area contributed by atoms with E-state index in [2.05, 4.69) is 15.4 Å². The Morgan fingerprint density at radius 2 is 1.77 bits per heavy atom. The minimum Gasteiger partial charge on any atom is -0.478 e. The number of hydrogen-bond acceptors (Lipinski definition) is 8. The molecule has 15 heteroatoms. The Bertz CT molecular complexity index is 1080. The summed E-state index contributed by atoms with van der Waals surface area (Å²) < 4.78 is 3.16. The Labute approximate surface area is 237 Å². The largest absolute Gasteiger partial charge is 0.478 e. The van der Waals surface area contributed by atoms with Gasteiger partial charge in [0.15, 0.2) is 11.9 Å². The van der Waals surface area contributed by atoms with E-state index >= 15 is 0 Å². The molecule has 2 amide bonds. The zero-order valence-electron chi connectivity index (χ0n) is 22.3. The molecule has 0 radical (unpaired) electrons. The SMILES string of the molecule is N=C(N)N1CCC(C[C@@H](NSCc2ccccc2C(=O)O)C(=O)NCC(=O)NC2CCCN(C(=N)N)C2O)CC1. The van der Waals surface area contributed by atoms with E-state index in [0.29, 0.717) is 50.2 Å². The third-order valence-electron chi connectivity index (χ3n) is 7.21. The second-order valence-electron chi connectivity index (χ2n) is 10.00. The van der Waals surface area contributed by atoms with E-state index in [1.54, 1.807) is 23.1 Å². The molecule has 3 atom stereocenters. The van der Waals surface area contributed by atoms with E-state index in [9.17, 15) is 24.6 Å². The lowest BCUT2D eigenvalue weighted by Gasteiger charge is -2.38. The second kappa shape index (κ2) is 14.7. The number of rotatable bonds is 11. The fraction of sp³-hybridized carbons (Fsp3) is 0.560. The Morgan fingerprint density at radius 1 is 1.07 bits per heavy atom. The van der Waals surface area contributed by atoms with Crippen LogP contribution in [0.25, 0.3) is 0 Å². The molecule has 0 spiro atoms. The molecule has 2 aliphatic rings. The number of aromatic carboxylic acids is 1. The number of guanidine groups is 2. The zero-order chi connectivity index (χ0) is 29.2. The number of piperidine rings is 2. The molecule has 2 aliphatic heterocycles. The number of nitrogens with one attached hydrogen (secondary N) is 5. The molecule has 0 aliphatic carbocycles. The summed E-state index contributed by atoms with van der Waals surface area (Å²) in [4.78, 5) is 40.4. The maximum atomic E-state index is 13.2. The van der Waals surface area contributed by atoms with E-state index in [1.807, 2.05) is 0 Å². The van der Waals surface area contributed by atoms with Crippen molar-refractivity contribution < 1.29 is 24.6 Å². The number of nitrogens with two attached hydrogens (primary N) is 2. The first kappa shape index (κ1) is 31.0. The van der Waals surface area contributed by atoms with Crippen molar-refractivity contribution in [1.29, 1.82) is 10.8 Å². The van der Waals surface area contributed by atoms with E-state index < -0.39 is 30.2 Å². The van der Waals surface area contributed by atoms with Crippen LogP contribution < -0.4 is 26.8 Å². The summed E-state index contributed by atoms with van der Waals surface area (Å²) in [5, 5.41) is 40.4. The van der Waals surface area contributed by atoms with Crippen LogP contribution in [0.5, 0.6) is 0 Å². The van der Waals surface area contributed by atoms with Crippen molar-refractivity contribution in [2.45, 2.75) is 56.2 Å². The Hall–Kier alpha value is -3.56. The van der Waals surface area contributed by atoms with E-state index in [1.165, 1.54) is 22.9 Å². The Balaban J connectivity index is 1.57. The van der Waals surface area contributed by atoms with Crippen LogP contribution in [0.15, 0.2) is 24.3 Å². The monoisotopic (exact) mass is 577 g/mol. The molecule has 40 heavy (non-hydrogen) atoms. The van der Waals surface area contributed by atoms with E-state index in [4.69, 9.17) is 22.3 Å². The van der Waals surface area contributed by atoms with Crippen molar-refractivity contribution in [2.75, 3.05) is 26.2 Å². The fourth-order valence-corrected chi connectivity index (χ4v) is 5.86. The quantitative estimate of drug-likeness (QED) is 0.0914. The Morgan fingerprint density at radius 3 is 2.42 bits per heavy atom. The molecule has 2 heterocycles. The third kappa shape index (κ3) is 8.72. The van der Waals surface area contributed by atoms with Gasteiger partial charge in [0.05, 0.1) is 24.2 Å². The topological polar surface area (TPSA) is 234 Å². The highest BCUT2D eigenvalue weighted by atomic mass is 32.2. The molecule has 3 rings (SSSR count). The predicted molar refractivity (Wildman–Crippen MR) is 151 cm³/mol. The van der Waals surface area contributed by atoms with Crippen molar-refractivity contribution in [3.05, 3.63) is 35.4 Å². The van der Waals surface area contributed by atoms with Crippen LogP contribution in [-0.4, -0.2) is 94.2 Å². The van der Waals surface area contributed by atoms with Crippen LogP contribution in [0.1, 0.15) is 48.0 Å². The fourth-order valence-electron chi connectivity index (χ4n) is 4.96. The summed E-state index contributed by atoms with van der Waals surface area (Å²) in [5.41, 5.74) is 11.9. The van der Waals surface area contributed by atoms with Crippen LogP contribution in [0, 0.1) is 16.7 Å². The van der Waals surface area contributed by atoms with Crippen LogP contribution in [0.4, 0.5) is 0 Å².